The van der Waals surface area contributed by atoms with Gasteiger partial charge in [-0.05, 0) is 90.1 Å². The minimum atomic E-state index is 0.748. The van der Waals surface area contributed by atoms with Gasteiger partial charge in [0.05, 0.1) is 0 Å². The Hall–Kier alpha value is -2.52. The third-order valence-corrected chi connectivity index (χ3v) is 7.11. The van der Waals surface area contributed by atoms with Crippen molar-refractivity contribution in [2.75, 3.05) is 0 Å². The highest BCUT2D eigenvalue weighted by Crippen LogP contribution is 2.37. The van der Waals surface area contributed by atoms with Gasteiger partial charge in [-0.15, -0.1) is 0 Å². The number of fused-ring (bicyclic) bond motifs is 1. The van der Waals surface area contributed by atoms with Gasteiger partial charge in [-0.1, -0.05) is 87.8 Å². The molecule has 0 heterocycles. The van der Waals surface area contributed by atoms with Crippen molar-refractivity contribution in [2.45, 2.75) is 77.6 Å². The summed E-state index contributed by atoms with van der Waals surface area (Å²) in [5.74, 6) is 8.45. The quantitative estimate of drug-likeness (QED) is 0.283. The highest BCUT2D eigenvalue weighted by atomic mass is 14.3. The Labute approximate surface area is 189 Å². The Balaban J connectivity index is 1.36. The molecule has 0 aromatic heterocycles. The van der Waals surface area contributed by atoms with E-state index in [1.165, 1.54) is 73.3 Å². The minimum Gasteiger partial charge on any atom is -0.0654 e. The van der Waals surface area contributed by atoms with E-state index in [0.717, 1.165) is 29.4 Å². The fourth-order valence-electron chi connectivity index (χ4n) is 5.04. The first-order valence-electron chi connectivity index (χ1n) is 12.4. The third kappa shape index (κ3) is 5.80. The zero-order valence-electron chi connectivity index (χ0n) is 19.3. The number of aryl methyl sites for hydroxylation is 1. The Kier molecular flexibility index (Phi) is 7.48. The summed E-state index contributed by atoms with van der Waals surface area (Å²) < 4.78 is 0. The SMILES string of the molecule is CCCCCC1CCC(c2ccc(C#Cc3ccc4cc(CC)ccc4c3)cc2)CC1. The van der Waals surface area contributed by atoms with Gasteiger partial charge in [0.1, 0.15) is 0 Å². The molecule has 160 valence electrons. The van der Waals surface area contributed by atoms with E-state index in [1.807, 2.05) is 0 Å². The van der Waals surface area contributed by atoms with Crippen molar-refractivity contribution in [3.8, 4) is 11.8 Å². The first-order chi connectivity index (χ1) is 15.2. The molecule has 0 radical (unpaired) electrons. The summed E-state index contributed by atoms with van der Waals surface area (Å²) in [6.07, 6.45) is 12.2. The van der Waals surface area contributed by atoms with Crippen LogP contribution in [0.4, 0.5) is 0 Å². The predicted octanol–water partition coefficient (Wildman–Crippen LogP) is 8.66. The number of rotatable bonds is 6. The van der Waals surface area contributed by atoms with Gasteiger partial charge >= 0.3 is 0 Å². The van der Waals surface area contributed by atoms with E-state index in [0.29, 0.717) is 0 Å². The van der Waals surface area contributed by atoms with Crippen molar-refractivity contribution in [1.82, 2.24) is 0 Å². The van der Waals surface area contributed by atoms with Crippen LogP contribution >= 0.6 is 0 Å². The first-order valence-corrected chi connectivity index (χ1v) is 12.4. The number of hydrogen-bond donors (Lipinski definition) is 0. The lowest BCUT2D eigenvalue weighted by molar-refractivity contribution is 0.303. The monoisotopic (exact) mass is 408 g/mol. The third-order valence-electron chi connectivity index (χ3n) is 7.11. The highest BCUT2D eigenvalue weighted by Gasteiger charge is 2.21. The van der Waals surface area contributed by atoms with Crippen LogP contribution in [0.1, 0.15) is 93.4 Å². The molecular weight excluding hydrogens is 372 g/mol. The number of benzene rings is 3. The van der Waals surface area contributed by atoms with Gasteiger partial charge in [-0.25, -0.2) is 0 Å². The Bertz CT molecular complexity index is 1040. The van der Waals surface area contributed by atoms with Crippen LogP contribution in [0.5, 0.6) is 0 Å². The summed E-state index contributed by atoms with van der Waals surface area (Å²) in [4.78, 5) is 0. The molecule has 0 amide bonds. The van der Waals surface area contributed by atoms with Crippen molar-refractivity contribution in [2.24, 2.45) is 5.92 Å². The van der Waals surface area contributed by atoms with E-state index < -0.39 is 0 Å². The van der Waals surface area contributed by atoms with Gasteiger partial charge in [0.15, 0.2) is 0 Å². The summed E-state index contributed by atoms with van der Waals surface area (Å²) in [5, 5.41) is 2.57. The molecule has 0 saturated heterocycles. The van der Waals surface area contributed by atoms with E-state index >= 15 is 0 Å². The standard InChI is InChI=1S/C31H36/c1-3-5-6-7-25-11-16-28(17-12-25)29-18-13-26(14-19-29)8-9-27-15-21-30-22-24(4-2)10-20-31(30)23-27/h10,13-15,18-23,25,28H,3-7,11-12,16-17H2,1-2H3. The fourth-order valence-corrected chi connectivity index (χ4v) is 5.04. The second-order valence-corrected chi connectivity index (χ2v) is 9.34. The molecule has 1 aliphatic carbocycles. The van der Waals surface area contributed by atoms with Crippen molar-refractivity contribution >= 4 is 10.8 Å². The molecular formula is C31H36. The lowest BCUT2D eigenvalue weighted by Crippen LogP contribution is -2.13. The topological polar surface area (TPSA) is 0 Å². The van der Waals surface area contributed by atoms with Crippen molar-refractivity contribution in [3.05, 3.63) is 82.9 Å². The molecule has 1 fully saturated rings. The molecule has 0 spiro atoms. The summed E-state index contributed by atoms with van der Waals surface area (Å²) in [6, 6.07) is 22.3. The van der Waals surface area contributed by atoms with Crippen LogP contribution in [0.15, 0.2) is 60.7 Å². The largest absolute Gasteiger partial charge is 0.0654 e. The van der Waals surface area contributed by atoms with Crippen LogP contribution in [-0.2, 0) is 6.42 Å². The maximum atomic E-state index is 3.36. The second-order valence-electron chi connectivity index (χ2n) is 9.34. The molecule has 0 bridgehead atoms. The van der Waals surface area contributed by atoms with Gasteiger partial charge in [-0.2, -0.15) is 0 Å². The van der Waals surface area contributed by atoms with Gasteiger partial charge in [0.2, 0.25) is 0 Å². The molecule has 0 aliphatic heterocycles. The van der Waals surface area contributed by atoms with Crippen LogP contribution in [0.2, 0.25) is 0 Å². The molecule has 0 unspecified atom stereocenters. The summed E-state index contributed by atoms with van der Waals surface area (Å²) in [6.45, 7) is 4.50. The van der Waals surface area contributed by atoms with Crippen LogP contribution < -0.4 is 0 Å². The molecule has 1 saturated carbocycles. The van der Waals surface area contributed by atoms with Crippen molar-refractivity contribution in [3.63, 3.8) is 0 Å². The maximum absolute atomic E-state index is 3.36. The van der Waals surface area contributed by atoms with Gasteiger partial charge in [0.25, 0.3) is 0 Å². The Morgan fingerprint density at radius 3 is 2.13 bits per heavy atom. The van der Waals surface area contributed by atoms with E-state index in [1.54, 1.807) is 0 Å². The lowest BCUT2D eigenvalue weighted by Gasteiger charge is -2.29. The van der Waals surface area contributed by atoms with E-state index in [-0.39, 0.29) is 0 Å². The Morgan fingerprint density at radius 2 is 1.39 bits per heavy atom. The fraction of sp³-hybridized carbons (Fsp3) is 0.419. The van der Waals surface area contributed by atoms with E-state index in [2.05, 4.69) is 86.4 Å². The highest BCUT2D eigenvalue weighted by molar-refractivity contribution is 5.84. The Morgan fingerprint density at radius 1 is 0.710 bits per heavy atom. The normalized spacial score (nSPS) is 18.5. The van der Waals surface area contributed by atoms with E-state index in [9.17, 15) is 0 Å². The molecule has 0 atom stereocenters. The molecule has 0 heteroatoms. The molecule has 0 N–H and O–H groups in total. The molecule has 4 rings (SSSR count). The smallest absolute Gasteiger partial charge is 0.0255 e. The lowest BCUT2D eigenvalue weighted by atomic mass is 9.77. The number of hydrogen-bond acceptors (Lipinski definition) is 0. The molecule has 1 aliphatic rings. The second kappa shape index (κ2) is 10.7. The maximum Gasteiger partial charge on any atom is 0.0255 e. The van der Waals surface area contributed by atoms with Crippen molar-refractivity contribution in [1.29, 1.82) is 0 Å². The summed E-state index contributed by atoms with van der Waals surface area (Å²) in [5.41, 5.74) is 5.09. The zero-order valence-corrected chi connectivity index (χ0v) is 19.3. The molecule has 3 aromatic rings. The molecule has 3 aromatic carbocycles. The first kappa shape index (κ1) is 21.7. The van der Waals surface area contributed by atoms with Crippen molar-refractivity contribution < 1.29 is 0 Å². The average Bonchev–Trinajstić information content (AvgIpc) is 2.83. The van der Waals surface area contributed by atoms with Crippen LogP contribution in [0.25, 0.3) is 10.8 Å². The van der Waals surface area contributed by atoms with Gasteiger partial charge < -0.3 is 0 Å². The molecule has 31 heavy (non-hydrogen) atoms. The summed E-state index contributed by atoms with van der Waals surface area (Å²) >= 11 is 0. The van der Waals surface area contributed by atoms with Gasteiger partial charge in [0, 0.05) is 11.1 Å². The average molecular weight is 409 g/mol. The molecule has 0 nitrogen and oxygen atoms in total. The van der Waals surface area contributed by atoms with Crippen LogP contribution in [0, 0.1) is 17.8 Å². The minimum absolute atomic E-state index is 0.748. The number of unbranched alkanes of at least 4 members (excludes halogenated alkanes) is 2. The summed E-state index contributed by atoms with van der Waals surface area (Å²) in [7, 11) is 0. The van der Waals surface area contributed by atoms with Crippen LogP contribution in [-0.4, -0.2) is 0 Å². The van der Waals surface area contributed by atoms with Gasteiger partial charge in [-0.3, -0.25) is 0 Å². The van der Waals surface area contributed by atoms with Crippen LogP contribution in [0.3, 0.4) is 0 Å². The van der Waals surface area contributed by atoms with E-state index in [4.69, 9.17) is 0 Å². The zero-order chi connectivity index (χ0) is 21.5. The predicted molar refractivity (Wildman–Crippen MR) is 135 cm³/mol.